The van der Waals surface area contributed by atoms with Gasteiger partial charge in [0, 0.05) is 11.8 Å². The highest BCUT2D eigenvalue weighted by Crippen LogP contribution is 2.23. The smallest absolute Gasteiger partial charge is 0.209 e. The van der Waals surface area contributed by atoms with Gasteiger partial charge >= 0.3 is 0 Å². The number of hydrogen-bond acceptors (Lipinski definition) is 7. The number of aromatic nitrogens is 3. The van der Waals surface area contributed by atoms with E-state index in [0.717, 1.165) is 11.1 Å². The van der Waals surface area contributed by atoms with Crippen LogP contribution in [0.25, 0.3) is 10.7 Å². The molecule has 124 valence electrons. The van der Waals surface area contributed by atoms with Gasteiger partial charge in [0.15, 0.2) is 21.4 Å². The van der Waals surface area contributed by atoms with Crippen molar-refractivity contribution in [2.75, 3.05) is 12.0 Å². The van der Waals surface area contributed by atoms with Gasteiger partial charge in [0.05, 0.1) is 15.5 Å². The largest absolute Gasteiger partial charge is 0.293 e. The monoisotopic (exact) mass is 379 g/mol. The molecular formula is C15H13N3O3S3. The van der Waals surface area contributed by atoms with Gasteiger partial charge in [-0.05, 0) is 23.6 Å². The number of ketones is 1. The van der Waals surface area contributed by atoms with Crippen molar-refractivity contribution in [3.63, 3.8) is 0 Å². The van der Waals surface area contributed by atoms with Gasteiger partial charge in [-0.25, -0.2) is 13.4 Å². The lowest BCUT2D eigenvalue weighted by atomic mass is 10.1. The van der Waals surface area contributed by atoms with Crippen LogP contribution < -0.4 is 0 Å². The highest BCUT2D eigenvalue weighted by molar-refractivity contribution is 7.99. The molecule has 0 aliphatic rings. The first-order valence-electron chi connectivity index (χ1n) is 6.86. The third kappa shape index (κ3) is 3.92. The molecule has 0 radical (unpaired) electrons. The van der Waals surface area contributed by atoms with Crippen LogP contribution in [0.5, 0.6) is 0 Å². The molecule has 24 heavy (non-hydrogen) atoms. The Labute approximate surface area is 147 Å². The van der Waals surface area contributed by atoms with Gasteiger partial charge in [0.25, 0.3) is 0 Å². The lowest BCUT2D eigenvalue weighted by Gasteiger charge is -2.01. The number of aromatic amines is 1. The first kappa shape index (κ1) is 16.9. The van der Waals surface area contributed by atoms with Crippen LogP contribution in [-0.2, 0) is 9.84 Å². The maximum absolute atomic E-state index is 12.2. The Balaban J connectivity index is 1.63. The molecule has 3 aromatic rings. The van der Waals surface area contributed by atoms with Crippen LogP contribution in [0.1, 0.15) is 10.4 Å². The van der Waals surface area contributed by atoms with Gasteiger partial charge in [-0.1, -0.05) is 30.0 Å². The summed E-state index contributed by atoms with van der Waals surface area (Å²) in [6.07, 6.45) is 1.13. The van der Waals surface area contributed by atoms with Crippen LogP contribution in [0.3, 0.4) is 0 Å². The number of nitrogens with zero attached hydrogens (tertiary/aromatic N) is 2. The second-order valence-corrected chi connectivity index (χ2v) is 8.86. The molecule has 2 heterocycles. The first-order valence-corrected chi connectivity index (χ1v) is 10.6. The SMILES string of the molecule is CS(=O)(=O)c1ccc(C(=O)CSc2n[nH]c(-c3cccs3)n2)cc1. The highest BCUT2D eigenvalue weighted by Gasteiger charge is 2.12. The highest BCUT2D eigenvalue weighted by atomic mass is 32.2. The minimum absolute atomic E-state index is 0.109. The molecule has 9 heteroatoms. The van der Waals surface area contributed by atoms with Crippen LogP contribution in [0.15, 0.2) is 51.8 Å². The molecule has 0 saturated carbocycles. The van der Waals surface area contributed by atoms with Crippen LogP contribution >= 0.6 is 23.1 Å². The summed E-state index contributed by atoms with van der Waals surface area (Å²) in [5.74, 6) is 0.750. The molecule has 0 atom stereocenters. The summed E-state index contributed by atoms with van der Waals surface area (Å²) >= 11 is 2.79. The van der Waals surface area contributed by atoms with Crippen molar-refractivity contribution in [3.8, 4) is 10.7 Å². The van der Waals surface area contributed by atoms with Crippen molar-refractivity contribution in [2.45, 2.75) is 10.1 Å². The Hall–Kier alpha value is -1.97. The number of sulfone groups is 1. The number of H-pyrrole nitrogens is 1. The van der Waals surface area contributed by atoms with E-state index in [1.807, 2.05) is 17.5 Å². The predicted molar refractivity (Wildman–Crippen MR) is 94.3 cm³/mol. The van der Waals surface area contributed by atoms with Crippen molar-refractivity contribution < 1.29 is 13.2 Å². The normalized spacial score (nSPS) is 11.5. The molecule has 1 N–H and O–H groups in total. The van der Waals surface area contributed by atoms with Crippen LogP contribution in [0.4, 0.5) is 0 Å². The zero-order valence-electron chi connectivity index (χ0n) is 12.6. The number of hydrogen-bond donors (Lipinski definition) is 1. The molecule has 0 fully saturated rings. The molecule has 0 saturated heterocycles. The van der Waals surface area contributed by atoms with E-state index in [2.05, 4.69) is 15.2 Å². The Morgan fingerprint density at radius 2 is 2.00 bits per heavy atom. The number of thiophene rings is 1. The lowest BCUT2D eigenvalue weighted by molar-refractivity contribution is 0.102. The fourth-order valence-corrected chi connectivity index (χ4v) is 3.92. The Kier molecular flexibility index (Phi) is 4.83. The number of nitrogens with one attached hydrogen (secondary N) is 1. The zero-order chi connectivity index (χ0) is 17.2. The van der Waals surface area contributed by atoms with E-state index in [1.165, 1.54) is 36.0 Å². The number of carbonyl (C=O) groups excluding carboxylic acids is 1. The molecule has 2 aromatic heterocycles. The van der Waals surface area contributed by atoms with E-state index in [4.69, 9.17) is 0 Å². The maximum atomic E-state index is 12.2. The van der Waals surface area contributed by atoms with Crippen LogP contribution in [-0.4, -0.2) is 41.4 Å². The predicted octanol–water partition coefficient (Wildman–Crippen LogP) is 2.91. The van der Waals surface area contributed by atoms with Gasteiger partial charge in [0.1, 0.15) is 0 Å². The minimum Gasteiger partial charge on any atom is -0.293 e. The average Bonchev–Trinajstić information content (AvgIpc) is 3.23. The molecule has 0 aliphatic carbocycles. The second-order valence-electron chi connectivity index (χ2n) is 4.95. The van der Waals surface area contributed by atoms with Crippen molar-refractivity contribution in [1.82, 2.24) is 15.2 Å². The van der Waals surface area contributed by atoms with Gasteiger partial charge in [-0.3, -0.25) is 9.89 Å². The summed E-state index contributed by atoms with van der Waals surface area (Å²) in [5.41, 5.74) is 0.462. The Morgan fingerprint density at radius 1 is 1.25 bits per heavy atom. The Morgan fingerprint density at radius 3 is 2.62 bits per heavy atom. The molecule has 6 nitrogen and oxygen atoms in total. The number of benzene rings is 1. The quantitative estimate of drug-likeness (QED) is 0.523. The van der Waals surface area contributed by atoms with Gasteiger partial charge in [0.2, 0.25) is 5.16 Å². The fourth-order valence-electron chi connectivity index (χ4n) is 1.94. The zero-order valence-corrected chi connectivity index (χ0v) is 15.0. The van der Waals surface area contributed by atoms with E-state index in [0.29, 0.717) is 16.5 Å². The molecule has 0 spiro atoms. The number of rotatable bonds is 6. The minimum atomic E-state index is -3.26. The van der Waals surface area contributed by atoms with Gasteiger partial charge < -0.3 is 0 Å². The molecule has 1 aromatic carbocycles. The van der Waals surface area contributed by atoms with E-state index in [1.54, 1.807) is 11.3 Å². The van der Waals surface area contributed by atoms with E-state index < -0.39 is 9.84 Å². The number of thioether (sulfide) groups is 1. The number of Topliss-reactive ketones (excluding diaryl/α,β-unsaturated/α-hetero) is 1. The van der Waals surface area contributed by atoms with Crippen molar-refractivity contribution >= 4 is 38.7 Å². The van der Waals surface area contributed by atoms with Crippen LogP contribution in [0.2, 0.25) is 0 Å². The lowest BCUT2D eigenvalue weighted by Crippen LogP contribution is -2.04. The average molecular weight is 379 g/mol. The molecule has 0 unspecified atom stereocenters. The van der Waals surface area contributed by atoms with E-state index in [-0.39, 0.29) is 16.4 Å². The van der Waals surface area contributed by atoms with Crippen molar-refractivity contribution in [1.29, 1.82) is 0 Å². The maximum Gasteiger partial charge on any atom is 0.209 e. The number of carbonyl (C=O) groups is 1. The van der Waals surface area contributed by atoms with E-state index in [9.17, 15) is 13.2 Å². The van der Waals surface area contributed by atoms with E-state index >= 15 is 0 Å². The standard InChI is InChI=1S/C15H13N3O3S3/c1-24(20,21)11-6-4-10(5-7-11)12(19)9-23-15-16-14(17-18-15)13-3-2-8-22-13/h2-8H,9H2,1H3,(H,16,17,18). The molecule has 3 rings (SSSR count). The fraction of sp³-hybridized carbons (Fsp3) is 0.133. The van der Waals surface area contributed by atoms with Gasteiger partial charge in [-0.15, -0.1) is 16.4 Å². The first-order chi connectivity index (χ1) is 11.4. The molecular weight excluding hydrogens is 366 g/mol. The van der Waals surface area contributed by atoms with Crippen molar-refractivity contribution in [2.24, 2.45) is 0 Å². The topological polar surface area (TPSA) is 92.8 Å². The third-order valence-electron chi connectivity index (χ3n) is 3.16. The Bertz CT molecular complexity index is 946. The summed E-state index contributed by atoms with van der Waals surface area (Å²) in [4.78, 5) is 17.7. The summed E-state index contributed by atoms with van der Waals surface area (Å²) in [6, 6.07) is 9.79. The second kappa shape index (κ2) is 6.88. The van der Waals surface area contributed by atoms with Crippen molar-refractivity contribution in [3.05, 3.63) is 47.3 Å². The summed E-state index contributed by atoms with van der Waals surface area (Å²) in [7, 11) is -3.26. The molecule has 0 aliphatic heterocycles. The van der Waals surface area contributed by atoms with Crippen LogP contribution in [0, 0.1) is 0 Å². The summed E-state index contributed by atoms with van der Waals surface area (Å²) < 4.78 is 22.8. The summed E-state index contributed by atoms with van der Waals surface area (Å²) in [6.45, 7) is 0. The third-order valence-corrected chi connectivity index (χ3v) is 6.01. The molecule has 0 bridgehead atoms. The summed E-state index contributed by atoms with van der Waals surface area (Å²) in [5, 5.41) is 9.38. The van der Waals surface area contributed by atoms with Gasteiger partial charge in [-0.2, -0.15) is 0 Å². The molecule has 0 amide bonds.